The van der Waals surface area contributed by atoms with Gasteiger partial charge in [-0.1, -0.05) is 50.6 Å². The maximum atomic E-state index is 12.3. The molecular weight excluding hydrogens is 262 g/mol. The van der Waals surface area contributed by atoms with Crippen LogP contribution >= 0.6 is 0 Å². The SMILES string of the molecule is CCC(C)[C@H](NC[C@H](C)N)C(=O)NCCc1ccccc1. The molecule has 118 valence electrons. The molecule has 1 rings (SSSR count). The summed E-state index contributed by atoms with van der Waals surface area (Å²) in [5, 5.41) is 6.31. The number of hydrogen-bond acceptors (Lipinski definition) is 3. The van der Waals surface area contributed by atoms with E-state index in [1.165, 1.54) is 5.56 Å². The average Bonchev–Trinajstić information content (AvgIpc) is 2.48. The van der Waals surface area contributed by atoms with E-state index in [1.54, 1.807) is 0 Å². The zero-order valence-corrected chi connectivity index (χ0v) is 13.4. The molecule has 0 radical (unpaired) electrons. The fourth-order valence-electron chi connectivity index (χ4n) is 2.19. The van der Waals surface area contributed by atoms with Crippen LogP contribution in [0.25, 0.3) is 0 Å². The minimum Gasteiger partial charge on any atom is -0.354 e. The Balaban J connectivity index is 2.44. The Morgan fingerprint density at radius 3 is 2.48 bits per heavy atom. The van der Waals surface area contributed by atoms with E-state index in [-0.39, 0.29) is 18.0 Å². The topological polar surface area (TPSA) is 67.1 Å². The van der Waals surface area contributed by atoms with Crippen molar-refractivity contribution in [3.8, 4) is 0 Å². The lowest BCUT2D eigenvalue weighted by Gasteiger charge is -2.24. The minimum absolute atomic E-state index is 0.0497. The third-order valence-electron chi connectivity index (χ3n) is 3.71. The van der Waals surface area contributed by atoms with E-state index in [2.05, 4.69) is 36.6 Å². The smallest absolute Gasteiger partial charge is 0.237 e. The summed E-state index contributed by atoms with van der Waals surface area (Å²) in [5.41, 5.74) is 7.00. The van der Waals surface area contributed by atoms with Crippen molar-refractivity contribution in [3.05, 3.63) is 35.9 Å². The maximum Gasteiger partial charge on any atom is 0.237 e. The Kier molecular flexibility index (Phi) is 8.01. The van der Waals surface area contributed by atoms with E-state index in [4.69, 9.17) is 5.73 Å². The standard InChI is InChI=1S/C17H29N3O/c1-4-13(2)16(20-12-14(3)18)17(21)19-11-10-15-8-6-5-7-9-15/h5-9,13-14,16,20H,4,10-12,18H2,1-3H3,(H,19,21)/t13?,14-,16-/m0/s1. The number of benzene rings is 1. The summed E-state index contributed by atoms with van der Waals surface area (Å²) >= 11 is 0. The molecule has 0 saturated carbocycles. The second kappa shape index (κ2) is 9.53. The maximum absolute atomic E-state index is 12.3. The summed E-state index contributed by atoms with van der Waals surface area (Å²) in [6, 6.07) is 10.1. The van der Waals surface area contributed by atoms with E-state index in [9.17, 15) is 4.79 Å². The predicted molar refractivity (Wildman–Crippen MR) is 88.1 cm³/mol. The predicted octanol–water partition coefficient (Wildman–Crippen LogP) is 1.70. The van der Waals surface area contributed by atoms with Crippen LogP contribution in [0.1, 0.15) is 32.8 Å². The number of rotatable bonds is 9. The molecule has 1 amide bonds. The highest BCUT2D eigenvalue weighted by atomic mass is 16.2. The van der Waals surface area contributed by atoms with Gasteiger partial charge in [-0.05, 0) is 24.8 Å². The molecule has 0 aliphatic carbocycles. The summed E-state index contributed by atoms with van der Waals surface area (Å²) in [6.07, 6.45) is 1.82. The molecule has 1 unspecified atom stereocenters. The van der Waals surface area contributed by atoms with Crippen LogP contribution in [0.15, 0.2) is 30.3 Å². The van der Waals surface area contributed by atoms with E-state index in [0.717, 1.165) is 12.8 Å². The zero-order valence-electron chi connectivity index (χ0n) is 13.4. The van der Waals surface area contributed by atoms with Gasteiger partial charge in [0.2, 0.25) is 5.91 Å². The normalized spacial score (nSPS) is 15.2. The molecule has 3 atom stereocenters. The van der Waals surface area contributed by atoms with Gasteiger partial charge in [0.15, 0.2) is 0 Å². The largest absolute Gasteiger partial charge is 0.354 e. The summed E-state index contributed by atoms with van der Waals surface area (Å²) in [4.78, 5) is 12.3. The first-order valence-electron chi connectivity index (χ1n) is 7.85. The number of carbonyl (C=O) groups is 1. The highest BCUT2D eigenvalue weighted by Gasteiger charge is 2.23. The molecule has 4 N–H and O–H groups in total. The lowest BCUT2D eigenvalue weighted by Crippen LogP contribution is -2.51. The summed E-state index contributed by atoms with van der Waals surface area (Å²) < 4.78 is 0. The number of hydrogen-bond donors (Lipinski definition) is 3. The van der Waals surface area contributed by atoms with Crippen molar-refractivity contribution >= 4 is 5.91 Å². The Morgan fingerprint density at radius 2 is 1.90 bits per heavy atom. The molecule has 0 aromatic heterocycles. The van der Waals surface area contributed by atoms with Gasteiger partial charge < -0.3 is 16.4 Å². The summed E-state index contributed by atoms with van der Waals surface area (Å²) in [7, 11) is 0. The first kappa shape index (κ1) is 17.7. The monoisotopic (exact) mass is 291 g/mol. The van der Waals surface area contributed by atoms with Gasteiger partial charge in [0, 0.05) is 19.1 Å². The first-order chi connectivity index (χ1) is 10.0. The van der Waals surface area contributed by atoms with Crippen molar-refractivity contribution in [2.75, 3.05) is 13.1 Å². The van der Waals surface area contributed by atoms with Crippen LogP contribution in [0.3, 0.4) is 0 Å². The van der Waals surface area contributed by atoms with Crippen molar-refractivity contribution in [2.24, 2.45) is 11.7 Å². The van der Waals surface area contributed by atoms with Gasteiger partial charge in [-0.3, -0.25) is 4.79 Å². The van der Waals surface area contributed by atoms with Crippen LogP contribution in [0.2, 0.25) is 0 Å². The second-order valence-corrected chi connectivity index (χ2v) is 5.78. The van der Waals surface area contributed by atoms with E-state index >= 15 is 0 Å². The molecule has 0 fully saturated rings. The Labute approximate surface area is 128 Å². The summed E-state index contributed by atoms with van der Waals surface area (Å²) in [6.45, 7) is 7.45. The molecule has 0 heterocycles. The minimum atomic E-state index is -0.170. The van der Waals surface area contributed by atoms with Crippen LogP contribution < -0.4 is 16.4 Å². The fraction of sp³-hybridized carbons (Fsp3) is 0.588. The van der Waals surface area contributed by atoms with Crippen LogP contribution in [-0.2, 0) is 11.2 Å². The van der Waals surface area contributed by atoms with Crippen LogP contribution in [0, 0.1) is 5.92 Å². The molecule has 1 aromatic rings. The Bertz CT molecular complexity index is 406. The quantitative estimate of drug-likeness (QED) is 0.649. The van der Waals surface area contributed by atoms with E-state index < -0.39 is 0 Å². The average molecular weight is 291 g/mol. The number of carbonyl (C=O) groups excluding carboxylic acids is 1. The lowest BCUT2D eigenvalue weighted by molar-refractivity contribution is -0.124. The van der Waals surface area contributed by atoms with Gasteiger partial charge >= 0.3 is 0 Å². The first-order valence-corrected chi connectivity index (χ1v) is 7.85. The van der Waals surface area contributed by atoms with Gasteiger partial charge in [0.05, 0.1) is 6.04 Å². The van der Waals surface area contributed by atoms with Crippen LogP contribution in [0.5, 0.6) is 0 Å². The van der Waals surface area contributed by atoms with Crippen molar-refractivity contribution in [1.29, 1.82) is 0 Å². The third-order valence-corrected chi connectivity index (χ3v) is 3.71. The highest BCUT2D eigenvalue weighted by molar-refractivity contribution is 5.82. The number of amides is 1. The molecule has 1 aromatic carbocycles. The molecule has 21 heavy (non-hydrogen) atoms. The molecular formula is C17H29N3O. The van der Waals surface area contributed by atoms with Gasteiger partial charge in [-0.2, -0.15) is 0 Å². The molecule has 0 aliphatic heterocycles. The fourth-order valence-corrected chi connectivity index (χ4v) is 2.19. The number of nitrogens with one attached hydrogen (secondary N) is 2. The Morgan fingerprint density at radius 1 is 1.24 bits per heavy atom. The van der Waals surface area contributed by atoms with Crippen molar-refractivity contribution < 1.29 is 4.79 Å². The Hall–Kier alpha value is -1.39. The molecule has 0 spiro atoms. The molecule has 0 bridgehead atoms. The van der Waals surface area contributed by atoms with E-state index in [0.29, 0.717) is 19.0 Å². The van der Waals surface area contributed by atoms with Crippen molar-refractivity contribution in [3.63, 3.8) is 0 Å². The van der Waals surface area contributed by atoms with Gasteiger partial charge in [0.25, 0.3) is 0 Å². The third kappa shape index (κ3) is 6.74. The molecule has 0 aliphatic rings. The summed E-state index contributed by atoms with van der Waals surface area (Å²) in [5.74, 6) is 0.362. The highest BCUT2D eigenvalue weighted by Crippen LogP contribution is 2.08. The molecule has 4 nitrogen and oxygen atoms in total. The van der Waals surface area contributed by atoms with Crippen LogP contribution in [-0.4, -0.2) is 31.1 Å². The van der Waals surface area contributed by atoms with Gasteiger partial charge in [-0.15, -0.1) is 0 Å². The van der Waals surface area contributed by atoms with E-state index in [1.807, 2.05) is 25.1 Å². The molecule has 4 heteroatoms. The zero-order chi connectivity index (χ0) is 15.7. The van der Waals surface area contributed by atoms with Gasteiger partial charge in [-0.25, -0.2) is 0 Å². The number of nitrogens with two attached hydrogens (primary N) is 1. The molecule has 0 saturated heterocycles. The van der Waals surface area contributed by atoms with Crippen molar-refractivity contribution in [2.45, 2.75) is 45.7 Å². The van der Waals surface area contributed by atoms with Crippen molar-refractivity contribution in [1.82, 2.24) is 10.6 Å². The lowest BCUT2D eigenvalue weighted by atomic mass is 9.98. The van der Waals surface area contributed by atoms with Crippen LogP contribution in [0.4, 0.5) is 0 Å². The van der Waals surface area contributed by atoms with Gasteiger partial charge in [0.1, 0.15) is 0 Å². The second-order valence-electron chi connectivity index (χ2n) is 5.78.